The minimum absolute atomic E-state index is 0.105. The lowest BCUT2D eigenvalue weighted by molar-refractivity contribution is -0.132. The van der Waals surface area contributed by atoms with Gasteiger partial charge in [0.15, 0.2) is 5.82 Å². The van der Waals surface area contributed by atoms with Crippen molar-refractivity contribution in [3.8, 4) is 11.4 Å². The first-order valence-corrected chi connectivity index (χ1v) is 11.6. The molecule has 31 heavy (non-hydrogen) atoms. The van der Waals surface area contributed by atoms with Gasteiger partial charge in [0.1, 0.15) is 11.1 Å². The normalized spacial score (nSPS) is 21.9. The number of rotatable bonds is 6. The van der Waals surface area contributed by atoms with E-state index < -0.39 is 4.75 Å². The average Bonchev–Trinajstić information content (AvgIpc) is 3.41. The lowest BCUT2D eigenvalue weighted by Gasteiger charge is -2.29. The van der Waals surface area contributed by atoms with Crippen LogP contribution in [-0.4, -0.2) is 80.1 Å². The molecular formula is C22H28N6O2S. The number of amides is 2. The van der Waals surface area contributed by atoms with E-state index >= 15 is 0 Å². The molecule has 1 atom stereocenters. The van der Waals surface area contributed by atoms with Crippen LogP contribution in [0.15, 0.2) is 36.7 Å². The second kappa shape index (κ2) is 8.84. The highest BCUT2D eigenvalue weighted by atomic mass is 32.2. The van der Waals surface area contributed by atoms with Crippen LogP contribution in [0.2, 0.25) is 0 Å². The summed E-state index contributed by atoms with van der Waals surface area (Å²) in [6, 6.07) is 8.25. The third-order valence-corrected chi connectivity index (χ3v) is 7.50. The third-order valence-electron chi connectivity index (χ3n) is 6.18. The molecule has 1 aromatic carbocycles. The molecule has 164 valence electrons. The number of nitrogens with zero attached hydrogens (tertiary/aromatic N) is 5. The van der Waals surface area contributed by atoms with Crippen molar-refractivity contribution in [2.24, 2.45) is 12.8 Å². The Kier molecular flexibility index (Phi) is 6.15. The molecule has 0 radical (unpaired) electrons. The molecule has 2 aliphatic rings. The van der Waals surface area contributed by atoms with Gasteiger partial charge in [-0.3, -0.25) is 19.2 Å². The SMILES string of the molecule is CSC1(C(N)=O)CCN(CC(=O)N2CC=C(c3ccc(-c4ncn(C)n4)cc3)CC2)C1. The Morgan fingerprint density at radius 2 is 1.94 bits per heavy atom. The highest BCUT2D eigenvalue weighted by Gasteiger charge is 2.43. The molecule has 8 nitrogen and oxygen atoms in total. The molecule has 1 fully saturated rings. The number of likely N-dealkylation sites (tertiary alicyclic amines) is 1. The van der Waals surface area contributed by atoms with Gasteiger partial charge in [-0.25, -0.2) is 4.98 Å². The van der Waals surface area contributed by atoms with Gasteiger partial charge in [0.2, 0.25) is 11.8 Å². The fourth-order valence-corrected chi connectivity index (χ4v) is 5.02. The molecule has 3 heterocycles. The number of hydrogen-bond donors (Lipinski definition) is 1. The topological polar surface area (TPSA) is 97.4 Å². The summed E-state index contributed by atoms with van der Waals surface area (Å²) < 4.78 is 1.13. The molecule has 2 N–H and O–H groups in total. The molecule has 0 saturated carbocycles. The van der Waals surface area contributed by atoms with Gasteiger partial charge in [0.05, 0.1) is 6.54 Å². The number of benzene rings is 1. The van der Waals surface area contributed by atoms with Crippen LogP contribution in [0.3, 0.4) is 0 Å². The van der Waals surface area contributed by atoms with Crippen LogP contribution in [0.5, 0.6) is 0 Å². The van der Waals surface area contributed by atoms with E-state index in [1.54, 1.807) is 11.0 Å². The van der Waals surface area contributed by atoms with E-state index in [-0.39, 0.29) is 11.8 Å². The molecule has 4 rings (SSSR count). The molecule has 2 amide bonds. The zero-order chi connectivity index (χ0) is 22.0. The Labute approximate surface area is 186 Å². The van der Waals surface area contributed by atoms with Gasteiger partial charge >= 0.3 is 0 Å². The number of aromatic nitrogens is 3. The second-order valence-corrected chi connectivity index (χ2v) is 9.35. The van der Waals surface area contributed by atoms with E-state index in [0.717, 1.165) is 24.1 Å². The lowest BCUT2D eigenvalue weighted by atomic mass is 9.98. The molecule has 2 aromatic rings. The van der Waals surface area contributed by atoms with E-state index in [9.17, 15) is 9.59 Å². The van der Waals surface area contributed by atoms with E-state index in [2.05, 4.69) is 28.3 Å². The van der Waals surface area contributed by atoms with E-state index in [4.69, 9.17) is 5.73 Å². The molecule has 1 unspecified atom stereocenters. The van der Waals surface area contributed by atoms with Crippen LogP contribution < -0.4 is 5.73 Å². The van der Waals surface area contributed by atoms with Gasteiger partial charge in [-0.15, -0.1) is 11.8 Å². The van der Waals surface area contributed by atoms with Crippen molar-refractivity contribution in [1.29, 1.82) is 0 Å². The zero-order valence-electron chi connectivity index (χ0n) is 18.0. The minimum atomic E-state index is -0.563. The fourth-order valence-electron chi connectivity index (χ4n) is 4.22. The van der Waals surface area contributed by atoms with Crippen molar-refractivity contribution in [3.63, 3.8) is 0 Å². The Bertz CT molecular complexity index is 1000. The van der Waals surface area contributed by atoms with Crippen molar-refractivity contribution in [2.75, 3.05) is 39.0 Å². The van der Waals surface area contributed by atoms with Gasteiger partial charge in [0.25, 0.3) is 0 Å². The number of primary amides is 1. The van der Waals surface area contributed by atoms with Crippen LogP contribution in [0.4, 0.5) is 0 Å². The number of nitrogens with two attached hydrogens (primary N) is 1. The van der Waals surface area contributed by atoms with E-state index in [1.807, 2.05) is 35.2 Å². The summed E-state index contributed by atoms with van der Waals surface area (Å²) >= 11 is 1.49. The summed E-state index contributed by atoms with van der Waals surface area (Å²) in [5.74, 6) is 0.533. The number of carbonyl (C=O) groups excluding carboxylic acids is 2. The minimum Gasteiger partial charge on any atom is -0.368 e. The van der Waals surface area contributed by atoms with E-state index in [0.29, 0.717) is 38.4 Å². The maximum absolute atomic E-state index is 12.8. The van der Waals surface area contributed by atoms with Crippen LogP contribution in [0.1, 0.15) is 18.4 Å². The number of aryl methyl sites for hydroxylation is 1. The summed E-state index contributed by atoms with van der Waals surface area (Å²) in [4.78, 5) is 32.8. The van der Waals surface area contributed by atoms with Crippen molar-refractivity contribution in [2.45, 2.75) is 17.6 Å². The van der Waals surface area contributed by atoms with Crippen molar-refractivity contribution < 1.29 is 9.59 Å². The predicted molar refractivity (Wildman–Crippen MR) is 122 cm³/mol. The van der Waals surface area contributed by atoms with Gasteiger partial charge in [-0.1, -0.05) is 30.3 Å². The van der Waals surface area contributed by atoms with Crippen molar-refractivity contribution in [3.05, 3.63) is 42.2 Å². The van der Waals surface area contributed by atoms with Crippen LogP contribution >= 0.6 is 11.8 Å². The fraction of sp³-hybridized carbons (Fsp3) is 0.455. The zero-order valence-corrected chi connectivity index (χ0v) is 18.8. The number of thioether (sulfide) groups is 1. The predicted octanol–water partition coefficient (Wildman–Crippen LogP) is 1.39. The summed E-state index contributed by atoms with van der Waals surface area (Å²) in [6.45, 7) is 2.91. The Morgan fingerprint density at radius 3 is 2.48 bits per heavy atom. The quantitative estimate of drug-likeness (QED) is 0.729. The molecule has 0 aliphatic carbocycles. The van der Waals surface area contributed by atoms with Crippen LogP contribution in [-0.2, 0) is 16.6 Å². The lowest BCUT2D eigenvalue weighted by Crippen LogP contribution is -2.45. The second-order valence-electron chi connectivity index (χ2n) is 8.16. The van der Waals surface area contributed by atoms with Crippen molar-refractivity contribution in [1.82, 2.24) is 24.6 Å². The first-order chi connectivity index (χ1) is 14.9. The summed E-state index contributed by atoms with van der Waals surface area (Å²) in [6.07, 6.45) is 7.25. The van der Waals surface area contributed by atoms with Crippen LogP contribution in [0.25, 0.3) is 17.0 Å². The molecule has 1 saturated heterocycles. The smallest absolute Gasteiger partial charge is 0.237 e. The first kappa shape index (κ1) is 21.6. The van der Waals surface area contributed by atoms with Gasteiger partial charge in [-0.2, -0.15) is 5.10 Å². The maximum Gasteiger partial charge on any atom is 0.237 e. The molecule has 2 aliphatic heterocycles. The monoisotopic (exact) mass is 440 g/mol. The Hall–Kier alpha value is -2.65. The maximum atomic E-state index is 12.8. The molecule has 1 aromatic heterocycles. The Balaban J connectivity index is 1.34. The molecule has 9 heteroatoms. The number of carbonyl (C=O) groups is 2. The third kappa shape index (κ3) is 4.52. The standard InChI is InChI=1S/C22H28N6O2S/c1-26-15-24-20(25-26)18-5-3-16(4-6-18)17-7-10-28(11-8-17)19(29)13-27-12-9-22(14-27,31-2)21(23)30/h3-7,15H,8-14H2,1-2H3,(H2,23,30). The first-order valence-electron chi connectivity index (χ1n) is 10.4. The number of hydrogen-bond acceptors (Lipinski definition) is 6. The highest BCUT2D eigenvalue weighted by molar-refractivity contribution is 8.00. The average molecular weight is 441 g/mol. The van der Waals surface area contributed by atoms with Crippen molar-refractivity contribution >= 4 is 29.1 Å². The highest BCUT2D eigenvalue weighted by Crippen LogP contribution is 2.33. The van der Waals surface area contributed by atoms with Crippen LogP contribution in [0, 0.1) is 0 Å². The molecule has 0 bridgehead atoms. The molecule has 0 spiro atoms. The van der Waals surface area contributed by atoms with Gasteiger partial charge in [-0.05, 0) is 30.2 Å². The summed E-state index contributed by atoms with van der Waals surface area (Å²) in [7, 11) is 1.85. The largest absolute Gasteiger partial charge is 0.368 e. The molecular weight excluding hydrogens is 412 g/mol. The summed E-state index contributed by atoms with van der Waals surface area (Å²) in [5, 5.41) is 4.33. The van der Waals surface area contributed by atoms with Gasteiger partial charge in [0, 0.05) is 38.8 Å². The summed E-state index contributed by atoms with van der Waals surface area (Å²) in [5.41, 5.74) is 9.00. The Morgan fingerprint density at radius 1 is 1.19 bits per heavy atom. The van der Waals surface area contributed by atoms with E-state index in [1.165, 1.54) is 17.3 Å². The van der Waals surface area contributed by atoms with Gasteiger partial charge < -0.3 is 10.6 Å².